The minimum absolute atomic E-state index is 2.19. The Hall–Kier alpha value is -0.570. The molecule has 0 bridgehead atoms. The van der Waals surface area contributed by atoms with E-state index in [1.54, 1.807) is 0 Å². The zero-order valence-corrected chi connectivity index (χ0v) is 3.30. The Morgan fingerprint density at radius 2 is 3.00 bits per heavy atom. The van der Waals surface area contributed by atoms with Gasteiger partial charge in [-0.3, -0.25) is 4.79 Å². The first-order valence-electron chi connectivity index (χ1n) is 4.40. The van der Waals surface area contributed by atoms with Crippen LogP contribution in [0, 0.1) is 0 Å². The van der Waals surface area contributed by atoms with Crippen molar-refractivity contribution in [2.45, 2.75) is 19.3 Å². The molecule has 2 N–H and O–H groups in total. The smallest absolute Gasteiger partial charge is 0.305 e. The van der Waals surface area contributed by atoms with Crippen LogP contribution in [0.4, 0.5) is 0 Å². The van der Waals surface area contributed by atoms with Crippen molar-refractivity contribution in [3.8, 4) is 0 Å². The van der Waals surface area contributed by atoms with Crippen molar-refractivity contribution in [3.05, 3.63) is 0 Å². The van der Waals surface area contributed by atoms with Gasteiger partial charge in [-0.05, 0) is 6.85 Å². The normalized spacial score (nSPS) is 34.4. The molecule has 0 aliphatic heterocycles. The van der Waals surface area contributed by atoms with Crippen molar-refractivity contribution in [1.29, 1.82) is 0 Å². The van der Waals surface area contributed by atoms with E-state index in [4.69, 9.17) is 18.4 Å². The van der Waals surface area contributed by atoms with E-state index in [0.29, 0.717) is 0 Å². The molecule has 3 nitrogen and oxygen atoms in total. The summed E-state index contributed by atoms with van der Waals surface area (Å²) in [7, 11) is 0. The number of aliphatic carboxylic acids is 1. The minimum Gasteiger partial charge on any atom is -0.481 e. The van der Waals surface area contributed by atoms with Crippen LogP contribution in [-0.4, -0.2) is 22.3 Å². The third-order valence-electron chi connectivity index (χ3n) is 0.225. The highest BCUT2D eigenvalue weighted by molar-refractivity contribution is 5.67. The number of carbonyl (C=O) groups is 1. The van der Waals surface area contributed by atoms with Crippen LogP contribution < -0.4 is 0 Å². The molecule has 0 aromatic heterocycles. The molecule has 0 aromatic carbocycles. The van der Waals surface area contributed by atoms with Crippen molar-refractivity contribution >= 4 is 5.97 Å². The van der Waals surface area contributed by atoms with Gasteiger partial charge in [-0.25, -0.2) is 0 Å². The SMILES string of the molecule is [2H]C([2H])([2H])[C@@]([2H])(O)C([2H])([2H])C(=O)O. The summed E-state index contributed by atoms with van der Waals surface area (Å²) in [5, 5.41) is 17.1. The van der Waals surface area contributed by atoms with Crippen molar-refractivity contribution in [2.75, 3.05) is 0 Å². The maximum Gasteiger partial charge on any atom is 0.305 e. The van der Waals surface area contributed by atoms with Crippen LogP contribution in [0.3, 0.4) is 0 Å². The summed E-state index contributed by atoms with van der Waals surface area (Å²) in [5.74, 6) is -2.19. The Bertz CT molecular complexity index is 218. The molecular weight excluding hydrogens is 96.0 g/mol. The third-order valence-corrected chi connectivity index (χ3v) is 0.225. The molecule has 0 unspecified atom stereocenters. The average Bonchev–Trinajstić information content (AvgIpc) is 1.84. The predicted octanol–water partition coefficient (Wildman–Crippen LogP) is -0.158. The lowest BCUT2D eigenvalue weighted by molar-refractivity contribution is -0.138. The molecule has 3 heteroatoms. The maximum atomic E-state index is 10.2. The summed E-state index contributed by atoms with van der Waals surface area (Å²) < 4.78 is 39.9. The molecule has 0 aliphatic carbocycles. The van der Waals surface area contributed by atoms with Gasteiger partial charge in [-0.1, -0.05) is 0 Å². The van der Waals surface area contributed by atoms with Gasteiger partial charge in [0.05, 0.1) is 13.8 Å². The molecule has 0 heterocycles. The molecular formula is C4H8O3. The first-order valence-corrected chi connectivity index (χ1v) is 1.40. The highest BCUT2D eigenvalue weighted by Crippen LogP contribution is 1.85. The lowest BCUT2D eigenvalue weighted by atomic mass is 10.3. The second-order valence-corrected chi connectivity index (χ2v) is 0.779. The van der Waals surface area contributed by atoms with Gasteiger partial charge in [0, 0.05) is 6.85 Å². The molecule has 0 radical (unpaired) electrons. The highest BCUT2D eigenvalue weighted by atomic mass is 16.4. The Morgan fingerprint density at radius 3 is 3.14 bits per heavy atom. The zero-order chi connectivity index (χ0) is 11.1. The largest absolute Gasteiger partial charge is 0.481 e. The van der Waals surface area contributed by atoms with Crippen LogP contribution in [0.15, 0.2) is 0 Å². The fourth-order valence-corrected chi connectivity index (χ4v) is 0.101. The van der Waals surface area contributed by atoms with Gasteiger partial charge in [0.1, 0.15) is 0 Å². The summed E-state index contributed by atoms with van der Waals surface area (Å²) >= 11 is 0. The molecule has 0 aromatic rings. The van der Waals surface area contributed by atoms with Crippen molar-refractivity contribution in [2.24, 2.45) is 0 Å². The molecule has 0 saturated carbocycles. The third kappa shape index (κ3) is 5.43. The second kappa shape index (κ2) is 2.58. The standard InChI is InChI=1S/C4H8O3/c1-3(5)2-4(6)7/h3,5H,2H2,1H3,(H,6,7)/t3-/m1/s1/i1D3,2D2,3D. The van der Waals surface area contributed by atoms with Crippen LogP contribution in [-0.2, 0) is 4.79 Å². The lowest BCUT2D eigenvalue weighted by Gasteiger charge is -1.94. The number of aliphatic hydroxyl groups is 1. The molecule has 0 saturated heterocycles. The van der Waals surface area contributed by atoms with Gasteiger partial charge in [-0.2, -0.15) is 0 Å². The fraction of sp³-hybridized carbons (Fsp3) is 0.750. The maximum absolute atomic E-state index is 10.2. The second-order valence-electron chi connectivity index (χ2n) is 0.779. The van der Waals surface area contributed by atoms with Gasteiger partial charge >= 0.3 is 5.97 Å². The number of rotatable bonds is 2. The monoisotopic (exact) mass is 110 g/mol. The fourth-order valence-electron chi connectivity index (χ4n) is 0.101. The van der Waals surface area contributed by atoms with E-state index in [2.05, 4.69) is 0 Å². The molecule has 42 valence electrons. The van der Waals surface area contributed by atoms with E-state index in [9.17, 15) is 4.79 Å². The Kier molecular flexibility index (Phi) is 0.534. The summed E-state index contributed by atoms with van der Waals surface area (Å²) in [5.41, 5.74) is 0. The van der Waals surface area contributed by atoms with Crippen molar-refractivity contribution < 1.29 is 23.2 Å². The van der Waals surface area contributed by atoms with Gasteiger partial charge < -0.3 is 10.2 Å². The van der Waals surface area contributed by atoms with Crippen LogP contribution in [0.2, 0.25) is 0 Å². The van der Waals surface area contributed by atoms with Crippen molar-refractivity contribution in [1.82, 2.24) is 0 Å². The first kappa shape index (κ1) is 1.45. The van der Waals surface area contributed by atoms with E-state index in [1.165, 1.54) is 0 Å². The van der Waals surface area contributed by atoms with E-state index < -0.39 is 25.3 Å². The van der Waals surface area contributed by atoms with Gasteiger partial charge in [0.15, 0.2) is 0 Å². The van der Waals surface area contributed by atoms with Crippen LogP contribution >= 0.6 is 0 Å². The molecule has 0 spiro atoms. The quantitative estimate of drug-likeness (QED) is 0.519. The van der Waals surface area contributed by atoms with Crippen LogP contribution in [0.5, 0.6) is 0 Å². The van der Waals surface area contributed by atoms with Gasteiger partial charge in [0.25, 0.3) is 0 Å². The average molecular weight is 110 g/mol. The Morgan fingerprint density at radius 1 is 2.43 bits per heavy atom. The van der Waals surface area contributed by atoms with Crippen LogP contribution in [0.1, 0.15) is 21.4 Å². The molecule has 0 fully saturated rings. The zero-order valence-electron chi connectivity index (χ0n) is 9.30. The van der Waals surface area contributed by atoms with E-state index in [1.807, 2.05) is 0 Å². The topological polar surface area (TPSA) is 57.5 Å². The Balaban J connectivity index is 5.16. The lowest BCUT2D eigenvalue weighted by Crippen LogP contribution is -2.07. The summed E-state index contributed by atoms with van der Waals surface area (Å²) in [6.45, 7) is -3.42. The van der Waals surface area contributed by atoms with Gasteiger partial charge in [-0.15, -0.1) is 0 Å². The number of hydrogen-bond donors (Lipinski definition) is 2. The molecule has 0 rings (SSSR count). The molecule has 0 amide bonds. The van der Waals surface area contributed by atoms with Gasteiger partial charge in [0.2, 0.25) is 0 Å². The number of carboxylic acids is 1. The number of hydrogen-bond acceptors (Lipinski definition) is 2. The van der Waals surface area contributed by atoms with E-state index >= 15 is 0 Å². The molecule has 7 heavy (non-hydrogen) atoms. The Labute approximate surface area is 50.0 Å². The van der Waals surface area contributed by atoms with Crippen LogP contribution in [0.25, 0.3) is 0 Å². The molecule has 1 atom stereocenters. The minimum atomic E-state index is -3.66. The summed E-state index contributed by atoms with van der Waals surface area (Å²) in [6, 6.07) is 0. The highest BCUT2D eigenvalue weighted by Gasteiger charge is 2.00. The summed E-state index contributed by atoms with van der Waals surface area (Å²) in [6.07, 6.45) is -7.20. The number of carboxylic acid groups (broad SMARTS) is 1. The summed E-state index contributed by atoms with van der Waals surface area (Å²) in [4.78, 5) is 10.2. The molecule has 0 aliphatic rings. The predicted molar refractivity (Wildman–Crippen MR) is 23.9 cm³/mol. The first-order chi connectivity index (χ1) is 5.44. The van der Waals surface area contributed by atoms with E-state index in [0.717, 1.165) is 0 Å². The van der Waals surface area contributed by atoms with Crippen molar-refractivity contribution in [3.63, 3.8) is 0 Å². The van der Waals surface area contributed by atoms with E-state index in [-0.39, 0.29) is 0 Å².